The lowest BCUT2D eigenvalue weighted by molar-refractivity contribution is -0.137. The van der Waals surface area contributed by atoms with Gasteiger partial charge in [0.25, 0.3) is 0 Å². The average Bonchev–Trinajstić information content (AvgIpc) is 2.94. The van der Waals surface area contributed by atoms with Crippen molar-refractivity contribution in [1.82, 2.24) is 15.5 Å². The molecule has 6 nitrogen and oxygen atoms in total. The first-order chi connectivity index (χ1) is 11.5. The normalized spacial score (nSPS) is 13.4. The number of halogens is 3. The number of hydrogen-bond donors (Lipinski definition) is 1. The van der Waals surface area contributed by atoms with E-state index in [0.717, 1.165) is 12.1 Å². The molecular weight excluding hydrogens is 339 g/mol. The molecule has 136 valence electrons. The summed E-state index contributed by atoms with van der Waals surface area (Å²) in [6, 6.07) is 3.92. The zero-order valence-corrected chi connectivity index (χ0v) is 14.1. The first-order valence-corrected chi connectivity index (χ1v) is 7.46. The summed E-state index contributed by atoms with van der Waals surface area (Å²) in [4.78, 5) is 15.8. The van der Waals surface area contributed by atoms with Crippen LogP contribution in [0.25, 0.3) is 11.4 Å². The summed E-state index contributed by atoms with van der Waals surface area (Å²) in [7, 11) is 0. The Kier molecular flexibility index (Phi) is 5.05. The summed E-state index contributed by atoms with van der Waals surface area (Å²) in [6.07, 6.45) is -5.13. The van der Waals surface area contributed by atoms with Gasteiger partial charge in [-0.05, 0) is 39.8 Å². The number of ether oxygens (including phenoxy) is 1. The highest BCUT2D eigenvalue weighted by Crippen LogP contribution is 2.31. The summed E-state index contributed by atoms with van der Waals surface area (Å²) in [5.41, 5.74) is -1.31. The predicted molar refractivity (Wildman–Crippen MR) is 82.5 cm³/mol. The quantitative estimate of drug-likeness (QED) is 0.884. The Hall–Kier alpha value is -2.58. The SMILES string of the molecule is CC(NC(=O)OC(C)(C)C)c1nc(-c2cccc(C(F)(F)F)c2)no1. The zero-order chi connectivity index (χ0) is 18.8. The van der Waals surface area contributed by atoms with Gasteiger partial charge >= 0.3 is 12.3 Å². The van der Waals surface area contributed by atoms with Crippen molar-refractivity contribution in [2.75, 3.05) is 0 Å². The smallest absolute Gasteiger partial charge is 0.416 e. The van der Waals surface area contributed by atoms with Crippen molar-refractivity contribution in [3.63, 3.8) is 0 Å². The molecule has 0 radical (unpaired) electrons. The molecular formula is C16H18F3N3O3. The van der Waals surface area contributed by atoms with E-state index >= 15 is 0 Å². The summed E-state index contributed by atoms with van der Waals surface area (Å²) >= 11 is 0. The van der Waals surface area contributed by atoms with Crippen LogP contribution in [0, 0.1) is 0 Å². The van der Waals surface area contributed by atoms with Gasteiger partial charge < -0.3 is 14.6 Å². The Morgan fingerprint density at radius 2 is 1.96 bits per heavy atom. The van der Waals surface area contributed by atoms with E-state index in [2.05, 4.69) is 15.5 Å². The topological polar surface area (TPSA) is 77.2 Å². The molecule has 0 saturated carbocycles. The van der Waals surface area contributed by atoms with Crippen molar-refractivity contribution in [1.29, 1.82) is 0 Å². The molecule has 1 atom stereocenters. The molecule has 1 unspecified atom stereocenters. The molecule has 0 bridgehead atoms. The molecule has 0 aliphatic carbocycles. The minimum absolute atomic E-state index is 0.000983. The second-order valence-corrected chi connectivity index (χ2v) is 6.40. The van der Waals surface area contributed by atoms with Crippen LogP contribution in [-0.2, 0) is 10.9 Å². The van der Waals surface area contributed by atoms with E-state index in [1.54, 1.807) is 27.7 Å². The van der Waals surface area contributed by atoms with E-state index in [9.17, 15) is 18.0 Å². The second-order valence-electron chi connectivity index (χ2n) is 6.40. The number of alkyl carbamates (subject to hydrolysis) is 1. The van der Waals surface area contributed by atoms with Crippen LogP contribution in [0.2, 0.25) is 0 Å². The molecule has 0 fully saturated rings. The van der Waals surface area contributed by atoms with Crippen molar-refractivity contribution >= 4 is 6.09 Å². The molecule has 2 rings (SSSR count). The van der Waals surface area contributed by atoms with Crippen molar-refractivity contribution in [2.45, 2.75) is 45.5 Å². The zero-order valence-electron chi connectivity index (χ0n) is 14.1. The summed E-state index contributed by atoms with van der Waals surface area (Å²) in [6.45, 7) is 6.74. The van der Waals surface area contributed by atoms with Gasteiger partial charge in [0.1, 0.15) is 11.6 Å². The number of amides is 1. The second kappa shape index (κ2) is 6.73. The lowest BCUT2D eigenvalue weighted by atomic mass is 10.1. The van der Waals surface area contributed by atoms with Crippen molar-refractivity contribution in [3.8, 4) is 11.4 Å². The summed E-state index contributed by atoms with van der Waals surface area (Å²) in [5, 5.41) is 6.18. The van der Waals surface area contributed by atoms with Gasteiger partial charge in [-0.1, -0.05) is 17.3 Å². The van der Waals surface area contributed by atoms with Crippen molar-refractivity contribution in [3.05, 3.63) is 35.7 Å². The van der Waals surface area contributed by atoms with Crippen LogP contribution in [0.4, 0.5) is 18.0 Å². The van der Waals surface area contributed by atoms with Gasteiger partial charge in [-0.2, -0.15) is 18.2 Å². The number of hydrogen-bond acceptors (Lipinski definition) is 5. The molecule has 0 spiro atoms. The maximum atomic E-state index is 12.8. The van der Waals surface area contributed by atoms with Gasteiger partial charge in [-0.15, -0.1) is 0 Å². The van der Waals surface area contributed by atoms with E-state index in [0.29, 0.717) is 0 Å². The molecule has 2 aromatic rings. The number of carbonyl (C=O) groups excluding carboxylic acids is 1. The van der Waals surface area contributed by atoms with Crippen molar-refractivity contribution < 1.29 is 27.2 Å². The van der Waals surface area contributed by atoms with Crippen LogP contribution in [0.3, 0.4) is 0 Å². The van der Waals surface area contributed by atoms with Gasteiger partial charge in [0, 0.05) is 5.56 Å². The van der Waals surface area contributed by atoms with Gasteiger partial charge in [0.2, 0.25) is 11.7 Å². The fraction of sp³-hybridized carbons (Fsp3) is 0.438. The standard InChI is InChI=1S/C16H18F3N3O3/c1-9(20-14(23)24-15(2,3)4)13-21-12(22-25-13)10-6-5-7-11(8-10)16(17,18)19/h5-9H,1-4H3,(H,20,23). The molecule has 1 aromatic carbocycles. The number of rotatable bonds is 3. The van der Waals surface area contributed by atoms with Gasteiger partial charge in [0.05, 0.1) is 5.56 Å². The molecule has 1 heterocycles. The van der Waals surface area contributed by atoms with E-state index < -0.39 is 29.5 Å². The Labute approximate surface area is 142 Å². The van der Waals surface area contributed by atoms with Crippen LogP contribution < -0.4 is 5.32 Å². The molecule has 1 N–H and O–H groups in total. The number of aromatic nitrogens is 2. The third-order valence-corrected chi connectivity index (χ3v) is 2.99. The largest absolute Gasteiger partial charge is 0.444 e. The maximum absolute atomic E-state index is 12.8. The van der Waals surface area contributed by atoms with E-state index in [4.69, 9.17) is 9.26 Å². The highest BCUT2D eigenvalue weighted by atomic mass is 19.4. The third-order valence-electron chi connectivity index (χ3n) is 2.99. The van der Waals surface area contributed by atoms with Gasteiger partial charge in [-0.3, -0.25) is 0 Å². The molecule has 9 heteroatoms. The highest BCUT2D eigenvalue weighted by Gasteiger charge is 2.31. The number of alkyl halides is 3. The molecule has 0 saturated heterocycles. The minimum Gasteiger partial charge on any atom is -0.444 e. The molecule has 25 heavy (non-hydrogen) atoms. The van der Waals surface area contributed by atoms with E-state index in [1.807, 2.05) is 0 Å². The highest BCUT2D eigenvalue weighted by molar-refractivity contribution is 5.68. The van der Waals surface area contributed by atoms with Crippen LogP contribution in [0.5, 0.6) is 0 Å². The fourth-order valence-corrected chi connectivity index (χ4v) is 1.91. The first-order valence-electron chi connectivity index (χ1n) is 7.46. The lowest BCUT2D eigenvalue weighted by Gasteiger charge is -2.20. The Morgan fingerprint density at radius 3 is 2.56 bits per heavy atom. The average molecular weight is 357 g/mol. The van der Waals surface area contributed by atoms with Crippen LogP contribution in [0.1, 0.15) is 45.2 Å². The summed E-state index contributed by atoms with van der Waals surface area (Å²) in [5.74, 6) is 0.0530. The number of benzene rings is 1. The minimum atomic E-state index is -4.46. The predicted octanol–water partition coefficient (Wildman–Crippen LogP) is 4.34. The van der Waals surface area contributed by atoms with Crippen LogP contribution in [-0.4, -0.2) is 21.8 Å². The Balaban J connectivity index is 2.13. The van der Waals surface area contributed by atoms with Crippen molar-refractivity contribution in [2.24, 2.45) is 0 Å². The number of nitrogens with one attached hydrogen (secondary N) is 1. The molecule has 1 amide bonds. The number of carbonyl (C=O) groups is 1. The van der Waals surface area contributed by atoms with Gasteiger partial charge in [-0.25, -0.2) is 4.79 Å². The molecule has 0 aliphatic heterocycles. The van der Waals surface area contributed by atoms with Crippen LogP contribution in [0.15, 0.2) is 28.8 Å². The maximum Gasteiger partial charge on any atom is 0.416 e. The van der Waals surface area contributed by atoms with Crippen LogP contribution >= 0.6 is 0 Å². The van der Waals surface area contributed by atoms with E-state index in [-0.39, 0.29) is 17.3 Å². The molecule has 0 aliphatic rings. The van der Waals surface area contributed by atoms with Gasteiger partial charge in [0.15, 0.2) is 0 Å². The van der Waals surface area contributed by atoms with E-state index in [1.165, 1.54) is 12.1 Å². The lowest BCUT2D eigenvalue weighted by Crippen LogP contribution is -2.34. The molecule has 1 aromatic heterocycles. The Bertz CT molecular complexity index is 751. The monoisotopic (exact) mass is 357 g/mol. The Morgan fingerprint density at radius 1 is 1.28 bits per heavy atom. The fourth-order valence-electron chi connectivity index (χ4n) is 1.91. The number of nitrogens with zero attached hydrogens (tertiary/aromatic N) is 2. The third kappa shape index (κ3) is 5.20. The first kappa shape index (κ1) is 18.8. The summed E-state index contributed by atoms with van der Waals surface area (Å²) < 4.78 is 48.4.